The zero-order valence-corrected chi connectivity index (χ0v) is 15.2. The Morgan fingerprint density at radius 3 is 2.75 bits per heavy atom. The first-order chi connectivity index (χ1) is 9.47. The van der Waals surface area contributed by atoms with E-state index >= 15 is 0 Å². The van der Waals surface area contributed by atoms with Crippen LogP contribution in [0.25, 0.3) is 0 Å². The van der Waals surface area contributed by atoms with Gasteiger partial charge in [-0.05, 0) is 58.5 Å². The second-order valence-corrected chi connectivity index (χ2v) is 6.93. The average Bonchev–Trinajstić information content (AvgIpc) is 2.40. The second-order valence-electron chi connectivity index (χ2n) is 4.42. The molecule has 2 aromatic carbocycles. The van der Waals surface area contributed by atoms with Crippen LogP contribution in [0.4, 0.5) is 0 Å². The fraction of sp³-hybridized carbons (Fsp3) is 0.133. The Morgan fingerprint density at radius 1 is 1.30 bits per heavy atom. The molecular weight excluding hydrogens is 452 g/mol. The monoisotopic (exact) mass is 463 g/mol. The van der Waals surface area contributed by atoms with Crippen molar-refractivity contribution in [1.82, 2.24) is 4.90 Å². The SMILES string of the molecule is CN(Cc1cccc(Br)c1)C(=O)c1cc(Cl)ccc1I. The molecule has 0 aromatic heterocycles. The molecule has 1 amide bonds. The van der Waals surface area contributed by atoms with Gasteiger partial charge in [0, 0.05) is 26.7 Å². The number of benzene rings is 2. The average molecular weight is 465 g/mol. The van der Waals surface area contributed by atoms with Crippen molar-refractivity contribution >= 4 is 56.0 Å². The van der Waals surface area contributed by atoms with Crippen LogP contribution in [-0.2, 0) is 6.54 Å². The van der Waals surface area contributed by atoms with Crippen molar-refractivity contribution in [2.24, 2.45) is 0 Å². The normalized spacial score (nSPS) is 10.4. The fourth-order valence-corrected chi connectivity index (χ4v) is 3.03. The van der Waals surface area contributed by atoms with Crippen molar-refractivity contribution in [3.63, 3.8) is 0 Å². The summed E-state index contributed by atoms with van der Waals surface area (Å²) in [4.78, 5) is 14.1. The molecule has 104 valence electrons. The van der Waals surface area contributed by atoms with E-state index < -0.39 is 0 Å². The van der Waals surface area contributed by atoms with Crippen molar-refractivity contribution in [2.45, 2.75) is 6.54 Å². The van der Waals surface area contributed by atoms with Crippen molar-refractivity contribution in [1.29, 1.82) is 0 Å². The Labute approximate surface area is 145 Å². The molecule has 0 heterocycles. The molecule has 0 bridgehead atoms. The minimum Gasteiger partial charge on any atom is -0.337 e. The number of carbonyl (C=O) groups is 1. The smallest absolute Gasteiger partial charge is 0.255 e. The minimum absolute atomic E-state index is 0.0307. The molecule has 2 nitrogen and oxygen atoms in total. The highest BCUT2D eigenvalue weighted by Crippen LogP contribution is 2.20. The summed E-state index contributed by atoms with van der Waals surface area (Å²) in [5.41, 5.74) is 1.71. The quantitative estimate of drug-likeness (QED) is 0.587. The zero-order chi connectivity index (χ0) is 14.7. The molecule has 0 saturated heterocycles. The maximum absolute atomic E-state index is 12.5. The van der Waals surface area contributed by atoms with Gasteiger partial charge < -0.3 is 4.90 Å². The Bertz CT molecular complexity index is 648. The van der Waals surface area contributed by atoms with E-state index in [2.05, 4.69) is 38.5 Å². The summed E-state index contributed by atoms with van der Waals surface area (Å²) >= 11 is 11.5. The Morgan fingerprint density at radius 2 is 2.05 bits per heavy atom. The highest BCUT2D eigenvalue weighted by Gasteiger charge is 2.15. The molecule has 0 aliphatic carbocycles. The number of hydrogen-bond acceptors (Lipinski definition) is 1. The first-order valence-corrected chi connectivity index (χ1v) is 8.17. The molecule has 2 rings (SSSR count). The van der Waals surface area contributed by atoms with Crippen LogP contribution in [-0.4, -0.2) is 17.9 Å². The fourth-order valence-electron chi connectivity index (χ4n) is 1.85. The maximum atomic E-state index is 12.5. The molecule has 0 atom stereocenters. The van der Waals surface area contributed by atoms with Gasteiger partial charge in [-0.2, -0.15) is 0 Å². The van der Waals surface area contributed by atoms with E-state index in [1.54, 1.807) is 24.1 Å². The van der Waals surface area contributed by atoms with Gasteiger partial charge in [-0.1, -0.05) is 39.7 Å². The van der Waals surface area contributed by atoms with Gasteiger partial charge >= 0.3 is 0 Å². The Balaban J connectivity index is 2.18. The van der Waals surface area contributed by atoms with E-state index in [-0.39, 0.29) is 5.91 Å². The van der Waals surface area contributed by atoms with E-state index in [4.69, 9.17) is 11.6 Å². The van der Waals surface area contributed by atoms with Crippen LogP contribution >= 0.6 is 50.1 Å². The van der Waals surface area contributed by atoms with Gasteiger partial charge in [0.15, 0.2) is 0 Å². The van der Waals surface area contributed by atoms with Crippen LogP contribution in [0.5, 0.6) is 0 Å². The highest BCUT2D eigenvalue weighted by atomic mass is 127. The van der Waals surface area contributed by atoms with Crippen LogP contribution in [0.2, 0.25) is 5.02 Å². The van der Waals surface area contributed by atoms with Crippen LogP contribution in [0.3, 0.4) is 0 Å². The van der Waals surface area contributed by atoms with Gasteiger partial charge in [-0.3, -0.25) is 4.79 Å². The summed E-state index contributed by atoms with van der Waals surface area (Å²) in [6, 6.07) is 13.3. The van der Waals surface area contributed by atoms with Crippen molar-refractivity contribution < 1.29 is 4.79 Å². The molecule has 0 fully saturated rings. The van der Waals surface area contributed by atoms with Gasteiger partial charge in [-0.25, -0.2) is 0 Å². The number of nitrogens with zero attached hydrogens (tertiary/aromatic N) is 1. The molecule has 0 aliphatic heterocycles. The van der Waals surface area contributed by atoms with Gasteiger partial charge in [0.2, 0.25) is 0 Å². The third kappa shape index (κ3) is 3.96. The van der Waals surface area contributed by atoms with E-state index in [9.17, 15) is 4.79 Å². The standard InChI is InChI=1S/C15H12BrClINO/c1-19(9-10-3-2-4-11(16)7-10)15(20)13-8-12(17)5-6-14(13)18/h2-8H,9H2,1H3. The van der Waals surface area contributed by atoms with Gasteiger partial charge in [0.25, 0.3) is 5.91 Å². The predicted octanol–water partition coefficient (Wildman–Crippen LogP) is 4.98. The number of carbonyl (C=O) groups excluding carboxylic acids is 1. The van der Waals surface area contributed by atoms with Crippen LogP contribution in [0, 0.1) is 3.57 Å². The van der Waals surface area contributed by atoms with Gasteiger partial charge in [0.1, 0.15) is 0 Å². The van der Waals surface area contributed by atoms with Gasteiger partial charge in [-0.15, -0.1) is 0 Å². The molecular formula is C15H12BrClINO. The summed E-state index contributed by atoms with van der Waals surface area (Å²) in [5.74, 6) is -0.0307. The minimum atomic E-state index is -0.0307. The van der Waals surface area contributed by atoms with Crippen LogP contribution in [0.15, 0.2) is 46.9 Å². The highest BCUT2D eigenvalue weighted by molar-refractivity contribution is 14.1. The molecule has 0 N–H and O–H groups in total. The number of halogens is 3. The lowest BCUT2D eigenvalue weighted by atomic mass is 10.1. The third-order valence-electron chi connectivity index (χ3n) is 2.81. The largest absolute Gasteiger partial charge is 0.337 e. The molecule has 0 radical (unpaired) electrons. The van der Waals surface area contributed by atoms with E-state index in [0.29, 0.717) is 17.1 Å². The van der Waals surface area contributed by atoms with E-state index in [1.807, 2.05) is 30.3 Å². The molecule has 0 aliphatic rings. The topological polar surface area (TPSA) is 20.3 Å². The van der Waals surface area contributed by atoms with Crippen LogP contribution in [0.1, 0.15) is 15.9 Å². The molecule has 5 heteroatoms. The number of amides is 1. The lowest BCUT2D eigenvalue weighted by Crippen LogP contribution is -2.26. The lowest BCUT2D eigenvalue weighted by Gasteiger charge is -2.18. The van der Waals surface area contributed by atoms with E-state index in [0.717, 1.165) is 13.6 Å². The molecule has 0 spiro atoms. The summed E-state index contributed by atoms with van der Waals surface area (Å²) in [5, 5.41) is 0.574. The molecule has 2 aromatic rings. The summed E-state index contributed by atoms with van der Waals surface area (Å²) in [6.45, 7) is 0.556. The first-order valence-electron chi connectivity index (χ1n) is 5.92. The Hall–Kier alpha value is -0.590. The first kappa shape index (κ1) is 15.8. The van der Waals surface area contributed by atoms with Crippen molar-refractivity contribution in [2.75, 3.05) is 7.05 Å². The third-order valence-corrected chi connectivity index (χ3v) is 4.48. The summed E-state index contributed by atoms with van der Waals surface area (Å²) in [6.07, 6.45) is 0. The summed E-state index contributed by atoms with van der Waals surface area (Å²) < 4.78 is 1.91. The van der Waals surface area contributed by atoms with Gasteiger partial charge in [0.05, 0.1) is 5.56 Å². The lowest BCUT2D eigenvalue weighted by molar-refractivity contribution is 0.0784. The molecule has 0 unspecified atom stereocenters. The van der Waals surface area contributed by atoms with E-state index in [1.165, 1.54) is 0 Å². The zero-order valence-electron chi connectivity index (χ0n) is 10.7. The van der Waals surface area contributed by atoms with Crippen molar-refractivity contribution in [3.05, 3.63) is 66.7 Å². The Kier molecular flexibility index (Phi) is 5.46. The number of rotatable bonds is 3. The maximum Gasteiger partial charge on any atom is 0.255 e. The summed E-state index contributed by atoms with van der Waals surface area (Å²) in [7, 11) is 1.79. The predicted molar refractivity (Wildman–Crippen MR) is 94.1 cm³/mol. The second kappa shape index (κ2) is 6.91. The van der Waals surface area contributed by atoms with Crippen molar-refractivity contribution in [3.8, 4) is 0 Å². The molecule has 0 saturated carbocycles. The number of hydrogen-bond donors (Lipinski definition) is 0. The van der Waals surface area contributed by atoms with Crippen LogP contribution < -0.4 is 0 Å². The molecule has 20 heavy (non-hydrogen) atoms.